The van der Waals surface area contributed by atoms with Crippen molar-refractivity contribution in [2.24, 2.45) is 0 Å². The van der Waals surface area contributed by atoms with Gasteiger partial charge >= 0.3 is 6.09 Å². The van der Waals surface area contributed by atoms with E-state index in [0.717, 1.165) is 0 Å². The second-order valence-corrected chi connectivity index (χ2v) is 6.28. The van der Waals surface area contributed by atoms with Gasteiger partial charge in [0.25, 0.3) is 0 Å². The van der Waals surface area contributed by atoms with Crippen LogP contribution in [0.25, 0.3) is 0 Å². The van der Waals surface area contributed by atoms with E-state index in [4.69, 9.17) is 24.1 Å². The lowest BCUT2D eigenvalue weighted by Crippen LogP contribution is -2.64. The molecule has 0 aromatic rings. The van der Waals surface area contributed by atoms with Crippen LogP contribution < -0.4 is 15.1 Å². The Labute approximate surface area is 149 Å². The Hall–Kier alpha value is -0.860. The fourth-order valence-electron chi connectivity index (χ4n) is 2.07. The molecule has 0 bridgehead atoms. The summed E-state index contributed by atoms with van der Waals surface area (Å²) >= 11 is 0. The monoisotopic (exact) mass is 403 g/mol. The standard InChI is InChI=1S/C12H24NO12P/c1-21-2-3-22-4-5-23-12(17)13-8-10(16)9(15)7(6-14)24-11(8)25-26(18,19)20/h7-11,14-16H,2-6H2,1H3,(H,13,17)(H2,18,19,20)/p-2/t7?,8-,9-,10?,11+/m0/s1. The zero-order valence-electron chi connectivity index (χ0n) is 13.9. The molecule has 1 aliphatic rings. The van der Waals surface area contributed by atoms with Crippen molar-refractivity contribution in [1.82, 2.24) is 5.32 Å². The van der Waals surface area contributed by atoms with Gasteiger partial charge in [-0.25, -0.2) is 4.79 Å². The molecule has 4 N–H and O–H groups in total. The van der Waals surface area contributed by atoms with Crippen LogP contribution in [0.2, 0.25) is 0 Å². The summed E-state index contributed by atoms with van der Waals surface area (Å²) in [5.41, 5.74) is 0. The van der Waals surface area contributed by atoms with Crippen LogP contribution in [0.1, 0.15) is 0 Å². The quantitative estimate of drug-likeness (QED) is 0.204. The molecule has 1 aliphatic heterocycles. The lowest BCUT2D eigenvalue weighted by Gasteiger charge is -2.45. The number of aliphatic hydroxyl groups excluding tert-OH is 3. The number of carbonyl (C=O) groups is 1. The fraction of sp³-hybridized carbons (Fsp3) is 0.917. The van der Waals surface area contributed by atoms with Crippen molar-refractivity contribution in [3.05, 3.63) is 0 Å². The zero-order chi connectivity index (χ0) is 19.7. The molecule has 0 radical (unpaired) electrons. The van der Waals surface area contributed by atoms with Gasteiger partial charge in [0.1, 0.15) is 31.0 Å². The Balaban J connectivity index is 2.60. The number of methoxy groups -OCH3 is 1. The minimum absolute atomic E-state index is 0.0476. The van der Waals surface area contributed by atoms with Gasteiger partial charge in [0, 0.05) is 7.11 Å². The highest BCUT2D eigenvalue weighted by atomic mass is 31.2. The maximum absolute atomic E-state index is 11.7. The van der Waals surface area contributed by atoms with Gasteiger partial charge in [-0.1, -0.05) is 0 Å². The summed E-state index contributed by atoms with van der Waals surface area (Å²) in [6.45, 7) is -0.287. The molecule has 1 heterocycles. The lowest BCUT2D eigenvalue weighted by molar-refractivity contribution is -0.362. The Morgan fingerprint density at radius 1 is 1.19 bits per heavy atom. The van der Waals surface area contributed by atoms with Gasteiger partial charge < -0.3 is 58.5 Å². The van der Waals surface area contributed by atoms with E-state index < -0.39 is 51.2 Å². The molecule has 1 amide bonds. The van der Waals surface area contributed by atoms with E-state index in [1.165, 1.54) is 7.11 Å². The third-order valence-corrected chi connectivity index (χ3v) is 3.76. The van der Waals surface area contributed by atoms with Gasteiger partial charge in [-0.2, -0.15) is 0 Å². The van der Waals surface area contributed by atoms with Crippen molar-refractivity contribution in [1.29, 1.82) is 0 Å². The molecule has 5 atom stereocenters. The Morgan fingerprint density at radius 3 is 2.42 bits per heavy atom. The zero-order valence-corrected chi connectivity index (χ0v) is 14.8. The Morgan fingerprint density at radius 2 is 1.85 bits per heavy atom. The molecule has 1 fully saturated rings. The van der Waals surface area contributed by atoms with Crippen molar-refractivity contribution < 1.29 is 57.9 Å². The van der Waals surface area contributed by atoms with Crippen LogP contribution in [0.5, 0.6) is 0 Å². The number of ether oxygens (including phenoxy) is 4. The SMILES string of the molecule is COCCOCCOC(=O)N[C@H]1C(O)[C@@H](O)C(CO)O[C@@H]1OP(=O)([O-])[O-]. The molecule has 2 unspecified atom stereocenters. The highest BCUT2D eigenvalue weighted by Crippen LogP contribution is 2.33. The van der Waals surface area contributed by atoms with Crippen LogP contribution in [0.15, 0.2) is 0 Å². The predicted molar refractivity (Wildman–Crippen MR) is 77.4 cm³/mol. The van der Waals surface area contributed by atoms with Crippen molar-refractivity contribution in [2.75, 3.05) is 40.1 Å². The van der Waals surface area contributed by atoms with Crippen LogP contribution in [0.4, 0.5) is 4.79 Å². The average molecular weight is 403 g/mol. The molecule has 154 valence electrons. The maximum atomic E-state index is 11.7. The van der Waals surface area contributed by atoms with Gasteiger partial charge in [-0.15, -0.1) is 0 Å². The molecule has 0 saturated carbocycles. The molecule has 1 rings (SSSR count). The highest BCUT2D eigenvalue weighted by molar-refractivity contribution is 7.43. The molecule has 0 aromatic carbocycles. The summed E-state index contributed by atoms with van der Waals surface area (Å²) in [5, 5.41) is 30.9. The third kappa shape index (κ3) is 7.80. The van der Waals surface area contributed by atoms with Crippen molar-refractivity contribution in [3.63, 3.8) is 0 Å². The molecular formula is C12H22NO12P-2. The van der Waals surface area contributed by atoms with E-state index >= 15 is 0 Å². The van der Waals surface area contributed by atoms with Crippen molar-refractivity contribution in [2.45, 2.75) is 30.6 Å². The largest absolute Gasteiger partial charge is 0.790 e. The number of carbonyl (C=O) groups excluding carboxylic acids is 1. The van der Waals surface area contributed by atoms with Gasteiger partial charge in [0.2, 0.25) is 0 Å². The summed E-state index contributed by atoms with van der Waals surface area (Å²) in [5.74, 6) is 0. The number of rotatable bonds is 10. The maximum Gasteiger partial charge on any atom is 0.407 e. The van der Waals surface area contributed by atoms with Crippen LogP contribution in [-0.2, 0) is 28.0 Å². The second kappa shape index (κ2) is 11.1. The summed E-state index contributed by atoms with van der Waals surface area (Å²) in [6.07, 6.45) is -7.98. The normalized spacial score (nSPS) is 29.4. The van der Waals surface area contributed by atoms with Gasteiger partial charge in [-0.3, -0.25) is 0 Å². The van der Waals surface area contributed by atoms with Crippen LogP contribution in [0.3, 0.4) is 0 Å². The minimum Gasteiger partial charge on any atom is -0.790 e. The fourth-order valence-corrected chi connectivity index (χ4v) is 2.50. The number of hydrogen-bond acceptors (Lipinski definition) is 12. The molecule has 0 aliphatic carbocycles. The van der Waals surface area contributed by atoms with Crippen molar-refractivity contribution in [3.8, 4) is 0 Å². The summed E-state index contributed by atoms with van der Waals surface area (Å²) in [7, 11) is -4.07. The minimum atomic E-state index is -5.56. The molecule has 26 heavy (non-hydrogen) atoms. The highest BCUT2D eigenvalue weighted by Gasteiger charge is 2.46. The van der Waals surface area contributed by atoms with Crippen molar-refractivity contribution >= 4 is 13.9 Å². The number of hydrogen-bond donors (Lipinski definition) is 4. The van der Waals surface area contributed by atoms with E-state index in [1.807, 2.05) is 5.32 Å². The first-order chi connectivity index (χ1) is 12.2. The number of amides is 1. The van der Waals surface area contributed by atoms with E-state index in [9.17, 15) is 29.4 Å². The topological polar surface area (TPSA) is 199 Å². The van der Waals surface area contributed by atoms with Crippen LogP contribution in [-0.4, -0.2) is 92.2 Å². The first kappa shape index (κ1) is 23.2. The number of aliphatic hydroxyl groups is 3. The number of nitrogens with one attached hydrogen (secondary N) is 1. The molecule has 13 nitrogen and oxygen atoms in total. The van der Waals surface area contributed by atoms with E-state index in [0.29, 0.717) is 6.61 Å². The molecule has 0 aromatic heterocycles. The second-order valence-electron chi connectivity index (χ2n) is 5.17. The summed E-state index contributed by atoms with van der Waals surface area (Å²) in [6, 6.07) is -1.65. The summed E-state index contributed by atoms with van der Waals surface area (Å²) in [4.78, 5) is 33.3. The van der Waals surface area contributed by atoms with Crippen LogP contribution in [0, 0.1) is 0 Å². The van der Waals surface area contributed by atoms with Gasteiger partial charge in [0.05, 0.1) is 34.3 Å². The lowest BCUT2D eigenvalue weighted by atomic mass is 9.97. The van der Waals surface area contributed by atoms with Gasteiger partial charge in [-0.05, 0) is 0 Å². The molecular weight excluding hydrogens is 381 g/mol. The van der Waals surface area contributed by atoms with E-state index in [-0.39, 0.29) is 19.8 Å². The van der Waals surface area contributed by atoms with E-state index in [1.54, 1.807) is 0 Å². The Kier molecular flexibility index (Phi) is 9.89. The predicted octanol–water partition coefficient (Wildman–Crippen LogP) is -3.97. The number of phosphoric acid groups is 1. The van der Waals surface area contributed by atoms with Crippen LogP contribution >= 0.6 is 7.82 Å². The third-order valence-electron chi connectivity index (χ3n) is 3.29. The number of alkyl carbamates (subject to hydrolysis) is 1. The molecule has 1 saturated heterocycles. The Bertz CT molecular complexity index is 473. The smallest absolute Gasteiger partial charge is 0.407 e. The van der Waals surface area contributed by atoms with Gasteiger partial charge in [0.15, 0.2) is 6.29 Å². The van der Waals surface area contributed by atoms with E-state index in [2.05, 4.69) is 4.52 Å². The first-order valence-corrected chi connectivity index (χ1v) is 8.98. The summed E-state index contributed by atoms with van der Waals surface area (Å²) < 4.78 is 34.4. The average Bonchev–Trinajstić information content (AvgIpc) is 2.56. The molecule has 0 spiro atoms. The number of phosphoric ester groups is 1. The first-order valence-electron chi connectivity index (χ1n) is 7.52. The molecule has 14 heteroatoms.